The average molecular weight is 309 g/mol. The minimum Gasteiger partial charge on any atom is -0.377 e. The summed E-state index contributed by atoms with van der Waals surface area (Å²) in [5.74, 6) is 0.200. The largest absolute Gasteiger partial charge is 0.377 e. The first-order valence-electron chi connectivity index (χ1n) is 8.70. The lowest BCUT2D eigenvalue weighted by Gasteiger charge is -2.65. The lowest BCUT2D eigenvalue weighted by molar-refractivity contribution is -0.225. The van der Waals surface area contributed by atoms with E-state index >= 15 is 0 Å². The summed E-state index contributed by atoms with van der Waals surface area (Å²) in [6, 6.07) is 0.756. The van der Waals surface area contributed by atoms with Gasteiger partial charge in [0.2, 0.25) is 5.91 Å². The van der Waals surface area contributed by atoms with Crippen molar-refractivity contribution in [2.45, 2.75) is 70.2 Å². The Balaban J connectivity index is 1.69. The van der Waals surface area contributed by atoms with Gasteiger partial charge in [-0.2, -0.15) is 0 Å². The number of fused-ring (bicyclic) bond motifs is 1. The number of nitrogens with one attached hydrogen (secondary N) is 1. The zero-order chi connectivity index (χ0) is 16.1. The fourth-order valence-electron chi connectivity index (χ4n) is 4.76. The van der Waals surface area contributed by atoms with Gasteiger partial charge in [-0.1, -0.05) is 13.8 Å². The van der Waals surface area contributed by atoms with Crippen molar-refractivity contribution in [2.75, 3.05) is 20.2 Å². The predicted molar refractivity (Wildman–Crippen MR) is 86.4 cm³/mol. The molecule has 2 heterocycles. The van der Waals surface area contributed by atoms with Crippen molar-refractivity contribution in [1.82, 2.24) is 10.2 Å². The average Bonchev–Trinajstić information content (AvgIpc) is 2.50. The topological polar surface area (TPSA) is 67.6 Å². The van der Waals surface area contributed by atoms with E-state index in [2.05, 4.69) is 38.0 Å². The van der Waals surface area contributed by atoms with Crippen molar-refractivity contribution in [2.24, 2.45) is 17.1 Å². The molecule has 2 saturated heterocycles. The maximum absolute atomic E-state index is 13.0. The van der Waals surface area contributed by atoms with Crippen LogP contribution in [0.1, 0.15) is 46.5 Å². The van der Waals surface area contributed by atoms with E-state index in [1.807, 2.05) is 0 Å². The summed E-state index contributed by atoms with van der Waals surface area (Å²) in [6.07, 6.45) is 4.15. The summed E-state index contributed by atoms with van der Waals surface area (Å²) < 4.78 is 5.89. The Morgan fingerprint density at radius 1 is 1.36 bits per heavy atom. The summed E-state index contributed by atoms with van der Waals surface area (Å²) in [4.78, 5) is 15.3. The van der Waals surface area contributed by atoms with Gasteiger partial charge in [0.15, 0.2) is 0 Å². The van der Waals surface area contributed by atoms with Crippen LogP contribution in [-0.2, 0) is 9.53 Å². The second-order valence-corrected chi connectivity index (χ2v) is 8.16. The molecule has 1 saturated carbocycles. The van der Waals surface area contributed by atoms with Gasteiger partial charge in [-0.3, -0.25) is 4.79 Å². The number of carbonyl (C=O) groups excluding carboxylic acids is 1. The van der Waals surface area contributed by atoms with Gasteiger partial charge in [-0.05, 0) is 39.7 Å². The Hall–Kier alpha value is -0.650. The van der Waals surface area contributed by atoms with Crippen molar-refractivity contribution >= 4 is 5.91 Å². The normalized spacial score (nSPS) is 44.8. The van der Waals surface area contributed by atoms with Crippen LogP contribution in [0.25, 0.3) is 0 Å². The zero-order valence-electron chi connectivity index (χ0n) is 14.4. The van der Waals surface area contributed by atoms with E-state index in [-0.39, 0.29) is 29.4 Å². The molecule has 5 atom stereocenters. The molecule has 3 aliphatic rings. The van der Waals surface area contributed by atoms with Crippen LogP contribution < -0.4 is 11.1 Å². The summed E-state index contributed by atoms with van der Waals surface area (Å²) >= 11 is 0. The number of nitrogens with two attached hydrogens (primary N) is 1. The first-order chi connectivity index (χ1) is 10.3. The van der Waals surface area contributed by atoms with Gasteiger partial charge in [0.25, 0.3) is 0 Å². The number of ether oxygens (including phenoxy) is 1. The SMILES string of the molecule is CC1CC(NC(=O)C2(N)C3CCCOC3C2(C)C)CCN1C. The van der Waals surface area contributed by atoms with Crippen LogP contribution in [0.3, 0.4) is 0 Å². The molecular weight excluding hydrogens is 278 g/mol. The van der Waals surface area contributed by atoms with Crippen LogP contribution in [0, 0.1) is 11.3 Å². The number of hydrogen-bond acceptors (Lipinski definition) is 4. The van der Waals surface area contributed by atoms with Crippen LogP contribution in [0.4, 0.5) is 0 Å². The third kappa shape index (κ3) is 2.21. The Morgan fingerprint density at radius 2 is 2.09 bits per heavy atom. The van der Waals surface area contributed by atoms with Crippen molar-refractivity contribution in [3.05, 3.63) is 0 Å². The Morgan fingerprint density at radius 3 is 2.77 bits per heavy atom. The van der Waals surface area contributed by atoms with Gasteiger partial charge < -0.3 is 20.7 Å². The molecule has 126 valence electrons. The monoisotopic (exact) mass is 309 g/mol. The Labute approximate surface area is 133 Å². The van der Waals surface area contributed by atoms with Gasteiger partial charge in [0, 0.05) is 36.6 Å². The second-order valence-electron chi connectivity index (χ2n) is 8.16. The smallest absolute Gasteiger partial charge is 0.241 e. The number of nitrogens with zero attached hydrogens (tertiary/aromatic N) is 1. The van der Waals surface area contributed by atoms with E-state index in [1.54, 1.807) is 0 Å². The highest BCUT2D eigenvalue weighted by Gasteiger charge is 2.70. The van der Waals surface area contributed by atoms with Crippen LogP contribution in [0.2, 0.25) is 0 Å². The minimum atomic E-state index is -0.787. The molecule has 0 aromatic rings. The first-order valence-corrected chi connectivity index (χ1v) is 8.70. The lowest BCUT2D eigenvalue weighted by Crippen LogP contribution is -2.82. The van der Waals surface area contributed by atoms with Crippen molar-refractivity contribution < 1.29 is 9.53 Å². The van der Waals surface area contributed by atoms with E-state index < -0.39 is 5.54 Å². The van der Waals surface area contributed by atoms with E-state index in [0.717, 1.165) is 38.8 Å². The van der Waals surface area contributed by atoms with Gasteiger partial charge in [0.05, 0.1) is 6.10 Å². The zero-order valence-corrected chi connectivity index (χ0v) is 14.4. The summed E-state index contributed by atoms with van der Waals surface area (Å²) in [7, 11) is 2.14. The van der Waals surface area contributed by atoms with Crippen LogP contribution >= 0.6 is 0 Å². The number of likely N-dealkylation sites (tertiary alicyclic amines) is 1. The van der Waals surface area contributed by atoms with Crippen LogP contribution in [0.15, 0.2) is 0 Å². The highest BCUT2D eigenvalue weighted by molar-refractivity contribution is 5.89. The highest BCUT2D eigenvalue weighted by atomic mass is 16.5. The molecule has 0 bridgehead atoms. The minimum absolute atomic E-state index is 0.0333. The summed E-state index contributed by atoms with van der Waals surface area (Å²) in [6.45, 7) is 8.21. The molecule has 5 unspecified atom stereocenters. The van der Waals surface area contributed by atoms with Gasteiger partial charge >= 0.3 is 0 Å². The molecule has 0 aromatic heterocycles. The molecule has 2 aliphatic heterocycles. The van der Waals surface area contributed by atoms with Gasteiger partial charge in [0.1, 0.15) is 5.54 Å². The quantitative estimate of drug-likeness (QED) is 0.802. The molecule has 22 heavy (non-hydrogen) atoms. The lowest BCUT2D eigenvalue weighted by atomic mass is 9.46. The van der Waals surface area contributed by atoms with Crippen LogP contribution in [0.5, 0.6) is 0 Å². The fourth-order valence-corrected chi connectivity index (χ4v) is 4.76. The molecule has 5 heteroatoms. The molecule has 0 radical (unpaired) electrons. The van der Waals surface area contributed by atoms with Crippen molar-refractivity contribution in [3.63, 3.8) is 0 Å². The fraction of sp³-hybridized carbons (Fsp3) is 0.941. The molecule has 5 nitrogen and oxygen atoms in total. The number of amides is 1. The molecule has 1 aliphatic carbocycles. The van der Waals surface area contributed by atoms with E-state index in [0.29, 0.717) is 6.04 Å². The second kappa shape index (κ2) is 5.46. The summed E-state index contributed by atoms with van der Waals surface area (Å²) in [5, 5.41) is 3.25. The summed E-state index contributed by atoms with van der Waals surface area (Å²) in [5.41, 5.74) is 5.58. The van der Waals surface area contributed by atoms with E-state index in [4.69, 9.17) is 10.5 Å². The molecule has 3 N–H and O–H groups in total. The molecule has 3 rings (SSSR count). The number of rotatable bonds is 2. The maximum Gasteiger partial charge on any atom is 0.241 e. The predicted octanol–water partition coefficient (Wildman–Crippen LogP) is 1.12. The van der Waals surface area contributed by atoms with Crippen molar-refractivity contribution in [1.29, 1.82) is 0 Å². The third-order valence-corrected chi connectivity index (χ3v) is 6.60. The highest BCUT2D eigenvalue weighted by Crippen LogP contribution is 2.57. The first kappa shape index (κ1) is 16.2. The number of hydrogen-bond donors (Lipinski definition) is 2. The maximum atomic E-state index is 13.0. The van der Waals surface area contributed by atoms with Crippen molar-refractivity contribution in [3.8, 4) is 0 Å². The standard InChI is InChI=1S/C17H31N3O2/c1-11-10-12(7-8-20(11)4)19-15(21)17(18)13-6-5-9-22-14(13)16(17,2)3/h11-14H,5-10,18H2,1-4H3,(H,19,21). The molecule has 3 fully saturated rings. The number of piperidine rings is 1. The Kier molecular flexibility index (Phi) is 4.03. The molecule has 0 spiro atoms. The van der Waals surface area contributed by atoms with Gasteiger partial charge in [-0.15, -0.1) is 0 Å². The number of carbonyl (C=O) groups is 1. The van der Waals surface area contributed by atoms with E-state index in [9.17, 15) is 4.79 Å². The molecular formula is C17H31N3O2. The third-order valence-electron chi connectivity index (χ3n) is 6.60. The van der Waals surface area contributed by atoms with E-state index in [1.165, 1.54) is 0 Å². The molecule has 0 aromatic carbocycles. The Bertz CT molecular complexity index is 453. The van der Waals surface area contributed by atoms with Crippen LogP contribution in [-0.4, -0.2) is 54.7 Å². The molecule has 1 amide bonds. The van der Waals surface area contributed by atoms with Gasteiger partial charge in [-0.25, -0.2) is 0 Å².